The van der Waals surface area contributed by atoms with Crippen molar-refractivity contribution in [3.63, 3.8) is 0 Å². The molecule has 0 amide bonds. The molecule has 5 nitrogen and oxygen atoms in total. The van der Waals surface area contributed by atoms with E-state index in [9.17, 15) is 4.79 Å². The lowest BCUT2D eigenvalue weighted by Crippen LogP contribution is -2.46. The second kappa shape index (κ2) is 7.80. The van der Waals surface area contributed by atoms with Crippen molar-refractivity contribution in [1.29, 1.82) is 0 Å². The second-order valence-electron chi connectivity index (χ2n) is 7.20. The third kappa shape index (κ3) is 3.42. The van der Waals surface area contributed by atoms with Crippen molar-refractivity contribution in [2.24, 2.45) is 5.92 Å². The summed E-state index contributed by atoms with van der Waals surface area (Å²) in [6.07, 6.45) is 6.45. The summed E-state index contributed by atoms with van der Waals surface area (Å²) >= 11 is 12.7. The molecule has 4 unspecified atom stereocenters. The van der Waals surface area contributed by atoms with Crippen molar-refractivity contribution in [3.8, 4) is 11.5 Å². The number of carbonyl (C=O) groups is 1. The van der Waals surface area contributed by atoms with E-state index in [4.69, 9.17) is 37.4 Å². The zero-order valence-electron chi connectivity index (χ0n) is 15.7. The van der Waals surface area contributed by atoms with E-state index < -0.39 is 0 Å². The number of aromatic nitrogens is 1. The van der Waals surface area contributed by atoms with Gasteiger partial charge in [-0.1, -0.05) is 0 Å². The minimum Gasteiger partial charge on any atom is -0.495 e. The first-order valence-corrected chi connectivity index (χ1v) is 10.0. The van der Waals surface area contributed by atoms with Crippen LogP contribution >= 0.6 is 23.2 Å². The molecule has 28 heavy (non-hydrogen) atoms. The van der Waals surface area contributed by atoms with Crippen LogP contribution in [0, 0.1) is 5.92 Å². The van der Waals surface area contributed by atoms with E-state index in [2.05, 4.69) is 4.98 Å². The van der Waals surface area contributed by atoms with Crippen LogP contribution in [0.4, 0.5) is 0 Å². The molecule has 2 heterocycles. The maximum atomic E-state index is 13.1. The molecule has 1 saturated carbocycles. The maximum absolute atomic E-state index is 13.1. The predicted octanol–water partition coefficient (Wildman–Crippen LogP) is 4.27. The van der Waals surface area contributed by atoms with Crippen molar-refractivity contribution in [2.45, 2.75) is 36.1 Å². The number of methoxy groups -OCH3 is 2. The standard InChI is InChI=1S/C21H21Cl2NO4/c1-26-18-4-12-9-24-8-11(15(12)7-19(18)27-2)3-13-10-28-21-16(20(13)25)5-14(22)6-17(21)23/h4,7-10,14,16-17,21H,3,5-6H2,1-2H3. The molecule has 0 radical (unpaired) electrons. The lowest BCUT2D eigenvalue weighted by molar-refractivity contribution is -0.126. The van der Waals surface area contributed by atoms with Gasteiger partial charge in [-0.15, -0.1) is 23.2 Å². The largest absolute Gasteiger partial charge is 0.495 e. The molecule has 1 aromatic carbocycles. The number of allylic oxidation sites excluding steroid dienone is 1. The predicted molar refractivity (Wildman–Crippen MR) is 109 cm³/mol. The van der Waals surface area contributed by atoms with E-state index in [1.54, 1.807) is 32.9 Å². The van der Waals surface area contributed by atoms with Crippen molar-refractivity contribution >= 4 is 39.8 Å². The van der Waals surface area contributed by atoms with Gasteiger partial charge in [0, 0.05) is 35.2 Å². The first-order valence-electron chi connectivity index (χ1n) is 9.17. The highest BCUT2D eigenvalue weighted by molar-refractivity contribution is 6.24. The summed E-state index contributed by atoms with van der Waals surface area (Å²) in [6.45, 7) is 0. The number of pyridine rings is 1. The fraction of sp³-hybridized carbons (Fsp3) is 0.429. The van der Waals surface area contributed by atoms with Crippen LogP contribution in [-0.2, 0) is 16.0 Å². The summed E-state index contributed by atoms with van der Waals surface area (Å²) in [7, 11) is 3.19. The lowest BCUT2D eigenvalue weighted by Gasteiger charge is -2.38. The molecular formula is C21H21Cl2NO4. The monoisotopic (exact) mass is 421 g/mol. The number of rotatable bonds is 4. The fourth-order valence-electron chi connectivity index (χ4n) is 4.06. The number of ether oxygens (including phenoxy) is 3. The van der Waals surface area contributed by atoms with Gasteiger partial charge in [-0.25, -0.2) is 0 Å². The summed E-state index contributed by atoms with van der Waals surface area (Å²) < 4.78 is 16.6. The Kier molecular flexibility index (Phi) is 5.39. The minimum absolute atomic E-state index is 0.0599. The van der Waals surface area contributed by atoms with Gasteiger partial charge in [0.15, 0.2) is 17.3 Å². The molecule has 7 heteroatoms. The van der Waals surface area contributed by atoms with Crippen molar-refractivity contribution < 1.29 is 19.0 Å². The zero-order valence-corrected chi connectivity index (χ0v) is 17.2. The van der Waals surface area contributed by atoms with E-state index in [-0.39, 0.29) is 28.6 Å². The van der Waals surface area contributed by atoms with Crippen LogP contribution in [0.15, 0.2) is 36.4 Å². The average Bonchev–Trinajstić information content (AvgIpc) is 2.69. The Balaban J connectivity index is 1.67. The molecule has 0 N–H and O–H groups in total. The molecule has 1 aromatic heterocycles. The van der Waals surface area contributed by atoms with E-state index in [0.717, 1.165) is 16.3 Å². The number of hydrogen-bond donors (Lipinski definition) is 0. The molecule has 0 saturated heterocycles. The number of ketones is 1. The summed E-state index contributed by atoms with van der Waals surface area (Å²) in [6, 6.07) is 3.79. The first-order chi connectivity index (χ1) is 13.5. The van der Waals surface area contributed by atoms with Gasteiger partial charge in [-0.2, -0.15) is 0 Å². The van der Waals surface area contributed by atoms with Crippen LogP contribution in [0.2, 0.25) is 0 Å². The summed E-state index contributed by atoms with van der Waals surface area (Å²) in [5.74, 6) is 1.03. The third-order valence-corrected chi connectivity index (χ3v) is 6.27. The summed E-state index contributed by atoms with van der Waals surface area (Å²) in [5, 5.41) is 1.51. The van der Waals surface area contributed by atoms with E-state index >= 15 is 0 Å². The highest BCUT2D eigenvalue weighted by atomic mass is 35.5. The number of carbonyl (C=O) groups excluding carboxylic acids is 1. The number of hydrogen-bond acceptors (Lipinski definition) is 5. The van der Waals surface area contributed by atoms with Crippen LogP contribution < -0.4 is 9.47 Å². The molecule has 2 aliphatic rings. The Bertz CT molecular complexity index is 945. The molecule has 1 fully saturated rings. The van der Waals surface area contributed by atoms with Crippen molar-refractivity contribution in [1.82, 2.24) is 4.98 Å². The Labute approximate surface area is 173 Å². The molecule has 0 spiro atoms. The SMILES string of the molecule is COc1cc2cncc(CC3=COC4C(Cl)CC(Cl)CC4C3=O)c2cc1OC. The number of alkyl halides is 2. The van der Waals surface area contributed by atoms with Gasteiger partial charge < -0.3 is 14.2 Å². The smallest absolute Gasteiger partial charge is 0.169 e. The van der Waals surface area contributed by atoms with Gasteiger partial charge in [0.25, 0.3) is 0 Å². The average molecular weight is 422 g/mol. The Morgan fingerprint density at radius 1 is 1.14 bits per heavy atom. The van der Waals surface area contributed by atoms with Crippen molar-refractivity contribution in [2.75, 3.05) is 14.2 Å². The molecule has 148 valence electrons. The minimum atomic E-state index is -0.303. The summed E-state index contributed by atoms with van der Waals surface area (Å²) in [5.41, 5.74) is 1.53. The number of nitrogens with zero attached hydrogens (tertiary/aromatic N) is 1. The number of benzene rings is 1. The Hall–Kier alpha value is -1.98. The van der Waals surface area contributed by atoms with Crippen LogP contribution in [-0.4, -0.2) is 41.8 Å². The number of fused-ring (bicyclic) bond motifs is 2. The van der Waals surface area contributed by atoms with Crippen LogP contribution in [0.3, 0.4) is 0 Å². The Morgan fingerprint density at radius 2 is 1.89 bits per heavy atom. The molecule has 0 bridgehead atoms. The van der Waals surface area contributed by atoms with Gasteiger partial charge in [0.05, 0.1) is 31.8 Å². The third-order valence-electron chi connectivity index (χ3n) is 5.49. The van der Waals surface area contributed by atoms with Gasteiger partial charge in [-0.3, -0.25) is 9.78 Å². The molecule has 4 atom stereocenters. The van der Waals surface area contributed by atoms with Crippen LogP contribution in [0.1, 0.15) is 18.4 Å². The quantitative estimate of drug-likeness (QED) is 0.689. The zero-order chi connectivity index (χ0) is 19.8. The second-order valence-corrected chi connectivity index (χ2v) is 8.38. The van der Waals surface area contributed by atoms with Gasteiger partial charge in [0.1, 0.15) is 6.10 Å². The van der Waals surface area contributed by atoms with Gasteiger partial charge >= 0.3 is 0 Å². The molecule has 2 aromatic rings. The maximum Gasteiger partial charge on any atom is 0.169 e. The molecule has 4 rings (SSSR count). The lowest BCUT2D eigenvalue weighted by atomic mass is 9.78. The van der Waals surface area contributed by atoms with Crippen LogP contribution in [0.5, 0.6) is 11.5 Å². The number of halogens is 2. The fourth-order valence-corrected chi connectivity index (χ4v) is 4.99. The normalized spacial score (nSPS) is 27.0. The first kappa shape index (κ1) is 19.3. The van der Waals surface area contributed by atoms with E-state index in [0.29, 0.717) is 36.3 Å². The molecule has 1 aliphatic carbocycles. The Morgan fingerprint density at radius 3 is 2.64 bits per heavy atom. The molecular weight excluding hydrogens is 401 g/mol. The summed E-state index contributed by atoms with van der Waals surface area (Å²) in [4.78, 5) is 17.4. The van der Waals surface area contributed by atoms with E-state index in [1.165, 1.54) is 0 Å². The highest BCUT2D eigenvalue weighted by Gasteiger charge is 2.44. The highest BCUT2D eigenvalue weighted by Crippen LogP contribution is 2.39. The van der Waals surface area contributed by atoms with E-state index in [1.807, 2.05) is 12.1 Å². The van der Waals surface area contributed by atoms with Crippen molar-refractivity contribution in [3.05, 3.63) is 41.9 Å². The van der Waals surface area contributed by atoms with Gasteiger partial charge in [-0.05, 0) is 35.9 Å². The molecule has 1 aliphatic heterocycles. The van der Waals surface area contributed by atoms with Crippen LogP contribution in [0.25, 0.3) is 10.8 Å². The number of Topliss-reactive ketones (excluding diaryl/α,β-unsaturated/α-hetero) is 1. The topological polar surface area (TPSA) is 57.7 Å². The van der Waals surface area contributed by atoms with Gasteiger partial charge in [0.2, 0.25) is 0 Å².